The van der Waals surface area contributed by atoms with E-state index in [4.69, 9.17) is 0 Å². The van der Waals surface area contributed by atoms with Gasteiger partial charge in [0.25, 0.3) is 5.69 Å². The zero-order valence-electron chi connectivity index (χ0n) is 12.5. The second kappa shape index (κ2) is 7.13. The molecule has 22 heavy (non-hydrogen) atoms. The van der Waals surface area contributed by atoms with Gasteiger partial charge < -0.3 is 5.32 Å². The first-order valence-electron chi connectivity index (χ1n) is 6.88. The van der Waals surface area contributed by atoms with E-state index in [0.29, 0.717) is 6.54 Å². The highest BCUT2D eigenvalue weighted by atomic mass is 32.1. The van der Waals surface area contributed by atoms with Gasteiger partial charge in [-0.1, -0.05) is 12.1 Å². The van der Waals surface area contributed by atoms with Crippen molar-refractivity contribution in [3.8, 4) is 0 Å². The molecule has 0 spiro atoms. The van der Waals surface area contributed by atoms with E-state index in [0.717, 1.165) is 22.7 Å². The van der Waals surface area contributed by atoms with Gasteiger partial charge in [-0.05, 0) is 19.4 Å². The SMILES string of the molecule is Cc1nc(C)c(CCNC(=O)Cc2ccc([N+](=O)[O-])cc2)s1. The molecule has 116 valence electrons. The third-order valence-electron chi connectivity index (χ3n) is 3.19. The van der Waals surface area contributed by atoms with Gasteiger partial charge in [0, 0.05) is 30.0 Å². The van der Waals surface area contributed by atoms with E-state index >= 15 is 0 Å². The first kappa shape index (κ1) is 16.1. The molecule has 1 aromatic heterocycles. The average molecular weight is 319 g/mol. The van der Waals surface area contributed by atoms with Gasteiger partial charge in [-0.25, -0.2) is 4.98 Å². The quantitative estimate of drug-likeness (QED) is 0.655. The van der Waals surface area contributed by atoms with Crippen molar-refractivity contribution in [3.63, 3.8) is 0 Å². The number of amides is 1. The maximum Gasteiger partial charge on any atom is 0.269 e. The van der Waals surface area contributed by atoms with Crippen LogP contribution in [0.2, 0.25) is 0 Å². The Morgan fingerprint density at radius 3 is 2.55 bits per heavy atom. The molecule has 2 aromatic rings. The molecule has 2 rings (SSSR count). The van der Waals surface area contributed by atoms with Gasteiger partial charge in [0.1, 0.15) is 0 Å². The summed E-state index contributed by atoms with van der Waals surface area (Å²) in [6.45, 7) is 4.50. The Bertz CT molecular complexity index is 680. The first-order chi connectivity index (χ1) is 10.5. The van der Waals surface area contributed by atoms with Crippen LogP contribution < -0.4 is 5.32 Å². The summed E-state index contributed by atoms with van der Waals surface area (Å²) in [5, 5.41) is 14.5. The zero-order valence-corrected chi connectivity index (χ0v) is 13.3. The number of nitrogens with zero attached hydrogens (tertiary/aromatic N) is 2. The van der Waals surface area contributed by atoms with E-state index < -0.39 is 4.92 Å². The highest BCUT2D eigenvalue weighted by Gasteiger charge is 2.08. The van der Waals surface area contributed by atoms with Gasteiger partial charge >= 0.3 is 0 Å². The molecular formula is C15H17N3O3S. The third kappa shape index (κ3) is 4.36. The van der Waals surface area contributed by atoms with Crippen molar-refractivity contribution in [1.82, 2.24) is 10.3 Å². The van der Waals surface area contributed by atoms with Crippen LogP contribution in [0.5, 0.6) is 0 Å². The second-order valence-corrected chi connectivity index (χ2v) is 6.23. The smallest absolute Gasteiger partial charge is 0.269 e. The molecule has 0 unspecified atom stereocenters. The number of thiazole rings is 1. The molecule has 6 nitrogen and oxygen atoms in total. The van der Waals surface area contributed by atoms with Crippen molar-refractivity contribution in [3.05, 3.63) is 55.5 Å². The Morgan fingerprint density at radius 1 is 1.32 bits per heavy atom. The zero-order chi connectivity index (χ0) is 16.1. The number of hydrogen-bond donors (Lipinski definition) is 1. The maximum atomic E-state index is 11.9. The number of nitro groups is 1. The van der Waals surface area contributed by atoms with Gasteiger partial charge in [-0.3, -0.25) is 14.9 Å². The van der Waals surface area contributed by atoms with Crippen molar-refractivity contribution in [2.24, 2.45) is 0 Å². The van der Waals surface area contributed by atoms with Crippen molar-refractivity contribution in [2.75, 3.05) is 6.54 Å². The molecule has 1 N–H and O–H groups in total. The lowest BCUT2D eigenvalue weighted by Crippen LogP contribution is -2.27. The van der Waals surface area contributed by atoms with Crippen molar-refractivity contribution in [1.29, 1.82) is 0 Å². The molecule has 0 saturated carbocycles. The Kier molecular flexibility index (Phi) is 5.21. The van der Waals surface area contributed by atoms with Crippen LogP contribution in [0.15, 0.2) is 24.3 Å². The van der Waals surface area contributed by atoms with Gasteiger partial charge in [-0.2, -0.15) is 0 Å². The number of benzene rings is 1. The summed E-state index contributed by atoms with van der Waals surface area (Å²) in [4.78, 5) is 27.5. The van der Waals surface area contributed by atoms with E-state index in [1.54, 1.807) is 23.5 Å². The van der Waals surface area contributed by atoms with Gasteiger partial charge in [0.15, 0.2) is 0 Å². The van der Waals surface area contributed by atoms with Crippen molar-refractivity contribution in [2.45, 2.75) is 26.7 Å². The Hall–Kier alpha value is -2.28. The minimum Gasteiger partial charge on any atom is -0.355 e. The normalized spacial score (nSPS) is 10.5. The average Bonchev–Trinajstić information content (AvgIpc) is 2.77. The topological polar surface area (TPSA) is 85.1 Å². The summed E-state index contributed by atoms with van der Waals surface area (Å²) < 4.78 is 0. The van der Waals surface area contributed by atoms with E-state index in [-0.39, 0.29) is 18.0 Å². The number of hydrogen-bond acceptors (Lipinski definition) is 5. The van der Waals surface area contributed by atoms with Gasteiger partial charge in [0.2, 0.25) is 5.91 Å². The lowest BCUT2D eigenvalue weighted by molar-refractivity contribution is -0.384. The number of rotatable bonds is 6. The predicted octanol–water partition coefficient (Wildman–Crippen LogP) is 2.57. The number of nitrogens with one attached hydrogen (secondary N) is 1. The summed E-state index contributed by atoms with van der Waals surface area (Å²) in [5.41, 5.74) is 1.81. The number of non-ortho nitro benzene ring substituents is 1. The van der Waals surface area contributed by atoms with E-state index in [1.165, 1.54) is 17.0 Å². The largest absolute Gasteiger partial charge is 0.355 e. The lowest BCUT2D eigenvalue weighted by Gasteiger charge is -2.05. The first-order valence-corrected chi connectivity index (χ1v) is 7.70. The molecule has 0 fully saturated rings. The molecule has 1 aromatic carbocycles. The molecule has 0 aliphatic rings. The van der Waals surface area contributed by atoms with Crippen molar-refractivity contribution < 1.29 is 9.72 Å². The van der Waals surface area contributed by atoms with Crippen molar-refractivity contribution >= 4 is 22.9 Å². The molecule has 0 aliphatic heterocycles. The van der Waals surface area contributed by atoms with E-state index in [9.17, 15) is 14.9 Å². The highest BCUT2D eigenvalue weighted by Crippen LogP contribution is 2.17. The Labute approximate surface area is 132 Å². The monoisotopic (exact) mass is 319 g/mol. The summed E-state index contributed by atoms with van der Waals surface area (Å²) in [5.74, 6) is -0.0901. The minimum absolute atomic E-state index is 0.0280. The van der Waals surface area contributed by atoms with Crippen LogP contribution in [0.1, 0.15) is 21.1 Å². The minimum atomic E-state index is -0.455. The number of nitro benzene ring substituents is 1. The van der Waals surface area contributed by atoms with E-state index in [2.05, 4.69) is 10.3 Å². The maximum absolute atomic E-state index is 11.9. The van der Waals surface area contributed by atoms with Crippen LogP contribution in [-0.4, -0.2) is 22.4 Å². The van der Waals surface area contributed by atoms with Crippen LogP contribution in [0.25, 0.3) is 0 Å². The van der Waals surface area contributed by atoms with E-state index in [1.807, 2.05) is 13.8 Å². The summed E-state index contributed by atoms with van der Waals surface area (Å²) in [7, 11) is 0. The number of aryl methyl sites for hydroxylation is 2. The molecule has 7 heteroatoms. The fourth-order valence-corrected chi connectivity index (χ4v) is 3.04. The highest BCUT2D eigenvalue weighted by molar-refractivity contribution is 7.11. The van der Waals surface area contributed by atoms with Crippen LogP contribution in [0.3, 0.4) is 0 Å². The van der Waals surface area contributed by atoms with Gasteiger partial charge in [0.05, 0.1) is 22.0 Å². The fourth-order valence-electron chi connectivity index (χ4n) is 2.10. The fraction of sp³-hybridized carbons (Fsp3) is 0.333. The van der Waals surface area contributed by atoms with Crippen LogP contribution in [0, 0.1) is 24.0 Å². The van der Waals surface area contributed by atoms with Crippen LogP contribution in [0.4, 0.5) is 5.69 Å². The summed E-state index contributed by atoms with van der Waals surface area (Å²) >= 11 is 1.65. The molecular weight excluding hydrogens is 302 g/mol. The number of aromatic nitrogens is 1. The summed E-state index contributed by atoms with van der Waals surface area (Å²) in [6.07, 6.45) is 0.988. The number of carbonyl (C=O) groups excluding carboxylic acids is 1. The Balaban J connectivity index is 1.80. The third-order valence-corrected chi connectivity index (χ3v) is 4.32. The van der Waals surface area contributed by atoms with Gasteiger partial charge in [-0.15, -0.1) is 11.3 Å². The molecule has 0 radical (unpaired) electrons. The van der Waals surface area contributed by atoms with Crippen LogP contribution in [-0.2, 0) is 17.6 Å². The standard InChI is InChI=1S/C15H17N3O3S/c1-10-14(22-11(2)17-10)7-8-16-15(19)9-12-3-5-13(6-4-12)18(20)21/h3-6H,7-9H2,1-2H3,(H,16,19). The molecule has 0 aliphatic carbocycles. The molecule has 1 heterocycles. The second-order valence-electron chi connectivity index (χ2n) is 4.94. The number of carbonyl (C=O) groups is 1. The molecule has 0 atom stereocenters. The predicted molar refractivity (Wildman–Crippen MR) is 85.1 cm³/mol. The molecule has 1 amide bonds. The summed E-state index contributed by atoms with van der Waals surface area (Å²) in [6, 6.07) is 6.03. The molecule has 0 bridgehead atoms. The Morgan fingerprint density at radius 2 is 2.00 bits per heavy atom. The molecule has 0 saturated heterocycles. The van der Waals surface area contributed by atoms with Crippen LogP contribution >= 0.6 is 11.3 Å². The lowest BCUT2D eigenvalue weighted by atomic mass is 10.1.